The zero-order valence-corrected chi connectivity index (χ0v) is 9.93. The van der Waals surface area contributed by atoms with E-state index >= 15 is 0 Å². The van der Waals surface area contributed by atoms with Gasteiger partial charge in [0.2, 0.25) is 0 Å². The Hall–Kier alpha value is -1.81. The van der Waals surface area contributed by atoms with E-state index in [0.717, 1.165) is 16.8 Å². The minimum absolute atomic E-state index is 0.0353. The lowest BCUT2D eigenvalue weighted by atomic mass is 10.1. The van der Waals surface area contributed by atoms with Crippen LogP contribution in [0.3, 0.4) is 0 Å². The number of aliphatic hydroxyl groups excluding tert-OH is 1. The summed E-state index contributed by atoms with van der Waals surface area (Å²) in [5, 5.41) is 13.0. The van der Waals surface area contributed by atoms with Gasteiger partial charge in [-0.2, -0.15) is 0 Å². The molecule has 0 aliphatic heterocycles. The van der Waals surface area contributed by atoms with E-state index in [1.165, 1.54) is 0 Å². The van der Waals surface area contributed by atoms with Crippen LogP contribution in [0.4, 0.5) is 0 Å². The first kappa shape index (κ1) is 11.7. The highest BCUT2D eigenvalue weighted by molar-refractivity contribution is 5.40. The first-order chi connectivity index (χ1) is 8.20. The van der Waals surface area contributed by atoms with Crippen LogP contribution in [0.15, 0.2) is 28.8 Å². The standard InChI is InChI=1S/C13H15NO3/c1-9-4-3-5-11(7-15)13(9)16-8-12-6-10(2)14-17-12/h3-6,15H,7-8H2,1-2H3. The van der Waals surface area contributed by atoms with Crippen molar-refractivity contribution < 1.29 is 14.4 Å². The molecule has 0 aliphatic rings. The summed E-state index contributed by atoms with van der Waals surface area (Å²) in [6.07, 6.45) is 0. The third-order valence-corrected chi connectivity index (χ3v) is 2.50. The number of rotatable bonds is 4. The van der Waals surface area contributed by atoms with E-state index in [9.17, 15) is 5.11 Å². The molecule has 0 saturated heterocycles. The predicted molar refractivity (Wildman–Crippen MR) is 62.7 cm³/mol. The number of para-hydroxylation sites is 1. The second-order valence-corrected chi connectivity index (χ2v) is 3.94. The lowest BCUT2D eigenvalue weighted by Gasteiger charge is -2.11. The monoisotopic (exact) mass is 233 g/mol. The Morgan fingerprint density at radius 3 is 2.82 bits per heavy atom. The van der Waals surface area contributed by atoms with Crippen molar-refractivity contribution in [2.45, 2.75) is 27.1 Å². The van der Waals surface area contributed by atoms with Crippen molar-refractivity contribution in [3.63, 3.8) is 0 Å². The van der Waals surface area contributed by atoms with Gasteiger partial charge in [-0.3, -0.25) is 0 Å². The third-order valence-electron chi connectivity index (χ3n) is 2.50. The van der Waals surface area contributed by atoms with Gasteiger partial charge in [0.25, 0.3) is 0 Å². The summed E-state index contributed by atoms with van der Waals surface area (Å²) in [5.41, 5.74) is 2.60. The molecule has 1 N–H and O–H groups in total. The van der Waals surface area contributed by atoms with Crippen LogP contribution in [-0.4, -0.2) is 10.3 Å². The molecule has 0 bridgehead atoms. The van der Waals surface area contributed by atoms with Gasteiger partial charge in [-0.1, -0.05) is 23.4 Å². The van der Waals surface area contributed by atoms with Gasteiger partial charge in [-0.25, -0.2) is 0 Å². The fourth-order valence-corrected chi connectivity index (χ4v) is 1.67. The molecule has 17 heavy (non-hydrogen) atoms. The number of hydrogen-bond acceptors (Lipinski definition) is 4. The second kappa shape index (κ2) is 5.01. The summed E-state index contributed by atoms with van der Waals surface area (Å²) in [6.45, 7) is 4.09. The van der Waals surface area contributed by atoms with Gasteiger partial charge in [-0.05, 0) is 19.4 Å². The fraction of sp³-hybridized carbons (Fsp3) is 0.308. The predicted octanol–water partition coefficient (Wildman–Crippen LogP) is 2.36. The molecule has 2 aromatic rings. The second-order valence-electron chi connectivity index (χ2n) is 3.94. The number of aryl methyl sites for hydroxylation is 2. The maximum atomic E-state index is 9.23. The van der Waals surface area contributed by atoms with Crippen molar-refractivity contribution in [3.8, 4) is 5.75 Å². The maximum absolute atomic E-state index is 9.23. The van der Waals surface area contributed by atoms with Crippen LogP contribution < -0.4 is 4.74 Å². The number of ether oxygens (including phenoxy) is 1. The highest BCUT2D eigenvalue weighted by Gasteiger charge is 2.08. The third kappa shape index (κ3) is 2.65. The summed E-state index contributed by atoms with van der Waals surface area (Å²) >= 11 is 0. The van der Waals surface area contributed by atoms with Gasteiger partial charge < -0.3 is 14.4 Å². The molecule has 0 spiro atoms. The molecule has 0 aliphatic carbocycles. The van der Waals surface area contributed by atoms with Gasteiger partial charge in [0.05, 0.1) is 12.3 Å². The lowest BCUT2D eigenvalue weighted by Crippen LogP contribution is -1.99. The molecule has 4 nitrogen and oxygen atoms in total. The van der Waals surface area contributed by atoms with Crippen LogP contribution in [0.5, 0.6) is 5.75 Å². The molecule has 1 aromatic carbocycles. The van der Waals surface area contributed by atoms with E-state index in [1.54, 1.807) is 0 Å². The average molecular weight is 233 g/mol. The van der Waals surface area contributed by atoms with E-state index in [1.807, 2.05) is 38.1 Å². The van der Waals surface area contributed by atoms with Gasteiger partial charge in [0, 0.05) is 11.6 Å². The van der Waals surface area contributed by atoms with Gasteiger partial charge in [0.1, 0.15) is 12.4 Å². The number of hydrogen-bond donors (Lipinski definition) is 1. The normalized spacial score (nSPS) is 10.5. The summed E-state index contributed by atoms with van der Waals surface area (Å²) in [6, 6.07) is 7.51. The highest BCUT2D eigenvalue weighted by Crippen LogP contribution is 2.24. The average Bonchev–Trinajstić information content (AvgIpc) is 2.73. The zero-order chi connectivity index (χ0) is 12.3. The molecule has 0 unspecified atom stereocenters. The van der Waals surface area contributed by atoms with Crippen LogP contribution in [0, 0.1) is 13.8 Å². The van der Waals surface area contributed by atoms with E-state index in [-0.39, 0.29) is 6.61 Å². The van der Waals surface area contributed by atoms with Crippen molar-refractivity contribution in [2.24, 2.45) is 0 Å². The van der Waals surface area contributed by atoms with Crippen molar-refractivity contribution in [2.75, 3.05) is 0 Å². The molecule has 0 fully saturated rings. The molecular formula is C13H15NO3. The van der Waals surface area contributed by atoms with E-state index in [0.29, 0.717) is 18.1 Å². The minimum Gasteiger partial charge on any atom is -0.485 e. The Balaban J connectivity index is 2.13. The number of aromatic nitrogens is 1. The largest absolute Gasteiger partial charge is 0.485 e. The first-order valence-corrected chi connectivity index (χ1v) is 5.45. The van der Waals surface area contributed by atoms with Gasteiger partial charge in [-0.15, -0.1) is 0 Å². The Labute approximate surface area is 99.8 Å². The molecule has 4 heteroatoms. The molecule has 90 valence electrons. The topological polar surface area (TPSA) is 55.5 Å². The Bertz CT molecular complexity index is 505. The number of benzene rings is 1. The molecule has 1 aromatic heterocycles. The quantitative estimate of drug-likeness (QED) is 0.880. The van der Waals surface area contributed by atoms with E-state index in [2.05, 4.69) is 5.16 Å². The van der Waals surface area contributed by atoms with E-state index in [4.69, 9.17) is 9.26 Å². The summed E-state index contributed by atoms with van der Waals surface area (Å²) in [7, 11) is 0. The molecular weight excluding hydrogens is 218 g/mol. The number of nitrogens with zero attached hydrogens (tertiary/aromatic N) is 1. The van der Waals surface area contributed by atoms with Crippen molar-refractivity contribution in [1.82, 2.24) is 5.16 Å². The van der Waals surface area contributed by atoms with E-state index < -0.39 is 0 Å². The minimum atomic E-state index is -0.0353. The van der Waals surface area contributed by atoms with Crippen LogP contribution in [0.25, 0.3) is 0 Å². The summed E-state index contributed by atoms with van der Waals surface area (Å²) in [5.74, 6) is 1.39. The smallest absolute Gasteiger partial charge is 0.174 e. The van der Waals surface area contributed by atoms with Crippen molar-refractivity contribution in [3.05, 3.63) is 46.8 Å². The zero-order valence-electron chi connectivity index (χ0n) is 9.93. The number of aliphatic hydroxyl groups is 1. The Kier molecular flexibility index (Phi) is 3.44. The van der Waals surface area contributed by atoms with Crippen molar-refractivity contribution >= 4 is 0 Å². The first-order valence-electron chi connectivity index (χ1n) is 5.45. The molecule has 0 atom stereocenters. The molecule has 0 saturated carbocycles. The van der Waals surface area contributed by atoms with Crippen LogP contribution in [0.2, 0.25) is 0 Å². The SMILES string of the molecule is Cc1cc(COc2c(C)cccc2CO)on1. The lowest BCUT2D eigenvalue weighted by molar-refractivity contribution is 0.232. The highest BCUT2D eigenvalue weighted by atomic mass is 16.5. The van der Waals surface area contributed by atoms with Crippen LogP contribution in [-0.2, 0) is 13.2 Å². The van der Waals surface area contributed by atoms with Gasteiger partial charge >= 0.3 is 0 Å². The van der Waals surface area contributed by atoms with Crippen LogP contribution in [0.1, 0.15) is 22.6 Å². The molecule has 1 heterocycles. The van der Waals surface area contributed by atoms with Gasteiger partial charge in [0.15, 0.2) is 5.76 Å². The fourth-order valence-electron chi connectivity index (χ4n) is 1.67. The molecule has 0 radical (unpaired) electrons. The molecule has 2 rings (SSSR count). The Morgan fingerprint density at radius 2 is 2.18 bits per heavy atom. The summed E-state index contributed by atoms with van der Waals surface area (Å²) in [4.78, 5) is 0. The van der Waals surface area contributed by atoms with Crippen molar-refractivity contribution in [1.29, 1.82) is 0 Å². The maximum Gasteiger partial charge on any atom is 0.174 e. The summed E-state index contributed by atoms with van der Waals surface area (Å²) < 4.78 is 10.7. The molecule has 0 amide bonds. The van der Waals surface area contributed by atoms with Crippen LogP contribution >= 0.6 is 0 Å². The Morgan fingerprint density at radius 1 is 1.35 bits per heavy atom.